The van der Waals surface area contributed by atoms with Gasteiger partial charge in [-0.05, 0) is 57.2 Å². The molecule has 10 nitrogen and oxygen atoms in total. The Morgan fingerprint density at radius 1 is 1.27 bits per heavy atom. The van der Waals surface area contributed by atoms with E-state index in [0.717, 1.165) is 60.2 Å². The number of hydrogen-bond donors (Lipinski definition) is 2. The lowest BCUT2D eigenvalue weighted by molar-refractivity contribution is -0.403. The normalized spacial score (nSPS) is 19.6. The molecular formula is C22H28N6O4S. The van der Waals surface area contributed by atoms with E-state index in [1.807, 2.05) is 25.1 Å². The molecule has 0 bridgehead atoms. The molecule has 2 saturated heterocycles. The van der Waals surface area contributed by atoms with Gasteiger partial charge in [-0.3, -0.25) is 19.7 Å². The highest BCUT2D eigenvalue weighted by atomic mass is 32.1. The van der Waals surface area contributed by atoms with Crippen molar-refractivity contribution in [1.29, 1.82) is 0 Å². The Kier molecular flexibility index (Phi) is 7.07. The summed E-state index contributed by atoms with van der Waals surface area (Å²) in [6.45, 7) is 3.97. The fraction of sp³-hybridized carbons (Fsp3) is 0.500. The van der Waals surface area contributed by atoms with Gasteiger partial charge in [0.15, 0.2) is 5.82 Å². The molecule has 2 aliphatic heterocycles. The number of nitrogens with zero attached hydrogens (tertiary/aromatic N) is 4. The van der Waals surface area contributed by atoms with Gasteiger partial charge in [-0.25, -0.2) is 4.98 Å². The highest BCUT2D eigenvalue weighted by molar-refractivity contribution is 7.18. The molecule has 3 heterocycles. The molecule has 176 valence electrons. The van der Waals surface area contributed by atoms with Crippen LogP contribution < -0.4 is 10.6 Å². The predicted octanol–water partition coefficient (Wildman–Crippen LogP) is 2.69. The highest BCUT2D eigenvalue weighted by Gasteiger charge is 2.30. The van der Waals surface area contributed by atoms with Gasteiger partial charge in [0.05, 0.1) is 26.7 Å². The summed E-state index contributed by atoms with van der Waals surface area (Å²) in [5.41, 5.74) is 1.44. The Morgan fingerprint density at radius 3 is 2.79 bits per heavy atom. The third-order valence-corrected chi connectivity index (χ3v) is 6.86. The average molecular weight is 473 g/mol. The van der Waals surface area contributed by atoms with Crippen LogP contribution in [0.4, 0.5) is 5.69 Å². The van der Waals surface area contributed by atoms with Gasteiger partial charge >= 0.3 is 0 Å². The maximum Gasteiger partial charge on any atom is 0.274 e. The Labute approximate surface area is 195 Å². The lowest BCUT2D eigenvalue weighted by Crippen LogP contribution is -2.49. The number of benzene rings is 1. The van der Waals surface area contributed by atoms with Gasteiger partial charge in [0, 0.05) is 25.3 Å². The van der Waals surface area contributed by atoms with Crippen molar-refractivity contribution in [3.8, 4) is 0 Å². The summed E-state index contributed by atoms with van der Waals surface area (Å²) in [7, 11) is 0. The van der Waals surface area contributed by atoms with Crippen LogP contribution in [-0.2, 0) is 9.59 Å². The summed E-state index contributed by atoms with van der Waals surface area (Å²) in [4.78, 5) is 44.3. The second-order valence-electron chi connectivity index (χ2n) is 8.41. The van der Waals surface area contributed by atoms with Crippen molar-refractivity contribution in [2.45, 2.75) is 45.1 Å². The second kappa shape index (κ2) is 10.2. The Bertz CT molecular complexity index is 1080. The van der Waals surface area contributed by atoms with Gasteiger partial charge in [-0.15, -0.1) is 11.3 Å². The fourth-order valence-corrected chi connectivity index (χ4v) is 5.11. The molecule has 11 heteroatoms. The first-order valence-electron chi connectivity index (χ1n) is 11.2. The maximum atomic E-state index is 13.2. The van der Waals surface area contributed by atoms with Crippen LogP contribution in [-0.4, -0.2) is 63.7 Å². The largest absolute Gasteiger partial charge is 0.355 e. The molecule has 2 aromatic rings. The summed E-state index contributed by atoms with van der Waals surface area (Å²) in [6.07, 6.45) is 4.93. The smallest absolute Gasteiger partial charge is 0.274 e. The minimum absolute atomic E-state index is 0.0347. The SMILES string of the molecule is Cc1nc2cc(NC(=C[N+](=O)[O-])N[C@H]3CCCCN(CC(=O)N4CCCC4)C3=O)ccc2s1. The number of rotatable bonds is 7. The van der Waals surface area contributed by atoms with E-state index in [9.17, 15) is 19.7 Å². The molecule has 1 atom stereocenters. The van der Waals surface area contributed by atoms with Crippen molar-refractivity contribution in [3.05, 3.63) is 45.3 Å². The first kappa shape index (κ1) is 23.0. The number of carbonyl (C=O) groups is 2. The molecule has 0 unspecified atom stereocenters. The molecule has 2 amide bonds. The summed E-state index contributed by atoms with van der Waals surface area (Å²) in [5, 5.41) is 18.2. The molecule has 0 radical (unpaired) electrons. The first-order chi connectivity index (χ1) is 15.9. The fourth-order valence-electron chi connectivity index (χ4n) is 4.30. The highest BCUT2D eigenvalue weighted by Crippen LogP contribution is 2.25. The standard InChI is InChI=1S/C22H28N6O4S/c1-15-23-18-12-16(7-8-19(18)33-15)24-20(13-28(31)32)25-17-6-2-3-11-27(22(17)30)14-21(29)26-9-4-5-10-26/h7-8,12-13,17,24-25H,2-6,9-11,14H2,1H3/t17-/m0/s1. The van der Waals surface area contributed by atoms with Crippen LogP contribution in [0.5, 0.6) is 0 Å². The van der Waals surface area contributed by atoms with Gasteiger partial charge < -0.3 is 20.4 Å². The second-order valence-corrected chi connectivity index (χ2v) is 9.64. The van der Waals surface area contributed by atoms with E-state index < -0.39 is 11.0 Å². The molecule has 2 N–H and O–H groups in total. The van der Waals surface area contributed by atoms with Crippen LogP contribution >= 0.6 is 11.3 Å². The molecule has 1 aromatic carbocycles. The van der Waals surface area contributed by atoms with Crippen LogP contribution in [0.15, 0.2) is 30.2 Å². The van der Waals surface area contributed by atoms with E-state index >= 15 is 0 Å². The van der Waals surface area contributed by atoms with Crippen molar-refractivity contribution < 1.29 is 14.5 Å². The number of nitro groups is 1. The lowest BCUT2D eigenvalue weighted by atomic mass is 10.1. The minimum atomic E-state index is -0.650. The zero-order valence-electron chi connectivity index (χ0n) is 18.6. The van der Waals surface area contributed by atoms with E-state index in [4.69, 9.17) is 0 Å². The van der Waals surface area contributed by atoms with Gasteiger partial charge in [0.25, 0.3) is 6.20 Å². The quantitative estimate of drug-likeness (QED) is 0.469. The van der Waals surface area contributed by atoms with Gasteiger partial charge in [0.2, 0.25) is 11.8 Å². The number of amides is 2. The summed E-state index contributed by atoms with van der Waals surface area (Å²) in [5.74, 6) is -0.119. The Balaban J connectivity index is 1.47. The average Bonchev–Trinajstić information content (AvgIpc) is 3.39. The van der Waals surface area contributed by atoms with Crippen LogP contribution in [0.2, 0.25) is 0 Å². The van der Waals surface area contributed by atoms with Gasteiger partial charge in [-0.2, -0.15) is 0 Å². The molecule has 2 fully saturated rings. The molecular weight excluding hydrogens is 444 g/mol. The third-order valence-electron chi connectivity index (χ3n) is 5.90. The topological polar surface area (TPSA) is 121 Å². The van der Waals surface area contributed by atoms with E-state index in [1.54, 1.807) is 21.1 Å². The number of likely N-dealkylation sites (tertiary alicyclic amines) is 2. The van der Waals surface area contributed by atoms with Crippen LogP contribution in [0, 0.1) is 17.0 Å². The third kappa shape index (κ3) is 5.78. The predicted molar refractivity (Wildman–Crippen MR) is 126 cm³/mol. The Morgan fingerprint density at radius 2 is 2.03 bits per heavy atom. The number of carbonyl (C=O) groups excluding carboxylic acids is 2. The first-order valence-corrected chi connectivity index (χ1v) is 12.0. The van der Waals surface area contributed by atoms with Crippen LogP contribution in [0.1, 0.15) is 37.1 Å². The lowest BCUT2D eigenvalue weighted by Gasteiger charge is -2.27. The van der Waals surface area contributed by atoms with Crippen LogP contribution in [0.3, 0.4) is 0 Å². The molecule has 1 aromatic heterocycles. The van der Waals surface area contributed by atoms with E-state index in [-0.39, 0.29) is 24.2 Å². The van der Waals surface area contributed by atoms with Gasteiger partial charge in [0.1, 0.15) is 6.04 Å². The van der Waals surface area contributed by atoms with E-state index in [2.05, 4.69) is 15.6 Å². The molecule has 2 aliphatic rings. The van der Waals surface area contributed by atoms with Crippen LogP contribution in [0.25, 0.3) is 10.2 Å². The van der Waals surface area contributed by atoms with Crippen molar-refractivity contribution in [3.63, 3.8) is 0 Å². The summed E-state index contributed by atoms with van der Waals surface area (Å²) >= 11 is 1.58. The van der Waals surface area contributed by atoms with Crippen molar-refractivity contribution in [2.24, 2.45) is 0 Å². The van der Waals surface area contributed by atoms with Crippen molar-refractivity contribution in [1.82, 2.24) is 20.1 Å². The number of anilines is 1. The molecule has 33 heavy (non-hydrogen) atoms. The molecule has 0 saturated carbocycles. The maximum absolute atomic E-state index is 13.2. The number of nitrogens with one attached hydrogen (secondary N) is 2. The zero-order valence-corrected chi connectivity index (χ0v) is 19.4. The van der Waals surface area contributed by atoms with Crippen molar-refractivity contribution >= 4 is 39.1 Å². The number of thiazole rings is 1. The van der Waals surface area contributed by atoms with Crippen molar-refractivity contribution in [2.75, 3.05) is 31.5 Å². The molecule has 0 spiro atoms. The number of aryl methyl sites for hydroxylation is 1. The molecule has 0 aliphatic carbocycles. The number of hydrogen-bond acceptors (Lipinski definition) is 8. The van der Waals surface area contributed by atoms with Gasteiger partial charge in [-0.1, -0.05) is 0 Å². The summed E-state index contributed by atoms with van der Waals surface area (Å²) < 4.78 is 1.03. The number of aromatic nitrogens is 1. The minimum Gasteiger partial charge on any atom is -0.355 e. The van der Waals surface area contributed by atoms with E-state index in [0.29, 0.717) is 18.7 Å². The van der Waals surface area contributed by atoms with E-state index in [1.165, 1.54) is 0 Å². The zero-order chi connectivity index (χ0) is 23.4. The summed E-state index contributed by atoms with van der Waals surface area (Å²) in [6, 6.07) is 4.91. The Hall–Kier alpha value is -3.21. The monoisotopic (exact) mass is 472 g/mol. The number of fused-ring (bicyclic) bond motifs is 1. The molecule has 4 rings (SSSR count).